The predicted octanol–water partition coefficient (Wildman–Crippen LogP) is 4.53. The molecule has 4 aliphatic carbocycles. The van der Waals surface area contributed by atoms with Gasteiger partial charge in [0.2, 0.25) is 0 Å². The Hall–Kier alpha value is -0.900. The van der Waals surface area contributed by atoms with E-state index < -0.39 is 0 Å². The van der Waals surface area contributed by atoms with E-state index in [4.69, 9.17) is 4.74 Å². The number of hydrogen-bond acceptors (Lipinski definition) is 4. The van der Waals surface area contributed by atoms with Crippen molar-refractivity contribution in [2.75, 3.05) is 6.61 Å². The van der Waals surface area contributed by atoms with E-state index in [1.165, 1.54) is 43.4 Å². The molecule has 0 aromatic carbocycles. The van der Waals surface area contributed by atoms with Gasteiger partial charge in [-0.25, -0.2) is 4.98 Å². The van der Waals surface area contributed by atoms with Gasteiger partial charge in [-0.1, -0.05) is 6.92 Å². The zero-order chi connectivity index (χ0) is 16.1. The van der Waals surface area contributed by atoms with Gasteiger partial charge >= 0.3 is 5.97 Å². The van der Waals surface area contributed by atoms with Crippen molar-refractivity contribution in [3.05, 3.63) is 16.1 Å². The summed E-state index contributed by atoms with van der Waals surface area (Å²) in [6, 6.07) is 0. The summed E-state index contributed by atoms with van der Waals surface area (Å²) in [5.74, 6) is 1.76. The number of ether oxygens (including phenoxy) is 1. The molecule has 4 fully saturated rings. The Labute approximate surface area is 142 Å². The van der Waals surface area contributed by atoms with Crippen LogP contribution < -0.4 is 0 Å². The fraction of sp³-hybridized carbons (Fsp3) is 0.789. The number of carbonyl (C=O) groups excluding carboxylic acids is 1. The number of thiazole rings is 1. The first-order valence-corrected chi connectivity index (χ1v) is 9.88. The molecule has 0 saturated heterocycles. The Bertz CT molecular complexity index is 594. The quantitative estimate of drug-likeness (QED) is 0.743. The third kappa shape index (κ3) is 3.07. The number of hydrogen-bond donors (Lipinski definition) is 0. The number of aryl methyl sites for hydroxylation is 1. The van der Waals surface area contributed by atoms with Crippen molar-refractivity contribution in [3.8, 4) is 0 Å². The van der Waals surface area contributed by atoms with Crippen LogP contribution in [0.15, 0.2) is 5.51 Å². The minimum Gasteiger partial charge on any atom is -0.465 e. The number of aromatic nitrogens is 1. The maximum absolute atomic E-state index is 12.4. The van der Waals surface area contributed by atoms with Crippen molar-refractivity contribution in [1.82, 2.24) is 4.98 Å². The minimum atomic E-state index is 0.0257. The summed E-state index contributed by atoms with van der Waals surface area (Å²) < 4.78 is 5.58. The summed E-state index contributed by atoms with van der Waals surface area (Å²) in [7, 11) is 0. The lowest BCUT2D eigenvalue weighted by Crippen LogP contribution is -2.51. The molecule has 3 nitrogen and oxygen atoms in total. The van der Waals surface area contributed by atoms with Crippen LogP contribution in [0, 0.1) is 29.6 Å². The van der Waals surface area contributed by atoms with Crippen molar-refractivity contribution in [2.24, 2.45) is 22.7 Å². The summed E-state index contributed by atoms with van der Waals surface area (Å²) in [4.78, 5) is 17.9. The minimum absolute atomic E-state index is 0.0257. The maximum atomic E-state index is 12.4. The van der Waals surface area contributed by atoms with Crippen LogP contribution in [-0.2, 0) is 16.0 Å². The second kappa shape index (κ2) is 5.58. The van der Waals surface area contributed by atoms with Crippen LogP contribution in [0.4, 0.5) is 0 Å². The Balaban J connectivity index is 1.33. The molecule has 5 rings (SSSR count). The maximum Gasteiger partial charge on any atom is 0.306 e. The molecule has 1 aromatic rings. The highest BCUT2D eigenvalue weighted by Gasteiger charge is 2.56. The van der Waals surface area contributed by atoms with Crippen molar-refractivity contribution >= 4 is 17.3 Å². The van der Waals surface area contributed by atoms with Crippen LogP contribution in [0.1, 0.15) is 62.4 Å². The molecule has 1 heterocycles. The molecule has 23 heavy (non-hydrogen) atoms. The SMILES string of the molecule is Cc1ncsc1CCOC(=O)CC12C[C@H]3C[C@@H](CC(C)(C3)C1)C2. The highest BCUT2D eigenvalue weighted by molar-refractivity contribution is 7.09. The van der Waals surface area contributed by atoms with E-state index in [0.29, 0.717) is 18.4 Å². The predicted molar refractivity (Wildman–Crippen MR) is 91.4 cm³/mol. The van der Waals surface area contributed by atoms with Gasteiger partial charge in [-0.05, 0) is 68.1 Å². The Morgan fingerprint density at radius 3 is 2.70 bits per heavy atom. The molecular formula is C19H27NO2S. The van der Waals surface area contributed by atoms with Crippen LogP contribution in [0.3, 0.4) is 0 Å². The first-order valence-electron chi connectivity index (χ1n) is 9.00. The molecule has 1 aromatic heterocycles. The average molecular weight is 333 g/mol. The molecule has 0 aliphatic heterocycles. The summed E-state index contributed by atoms with van der Waals surface area (Å²) in [6.45, 7) is 4.98. The number of nitrogens with zero attached hydrogens (tertiary/aromatic N) is 1. The van der Waals surface area contributed by atoms with Crippen molar-refractivity contribution < 1.29 is 9.53 Å². The molecule has 4 heteroatoms. The van der Waals surface area contributed by atoms with Crippen molar-refractivity contribution in [2.45, 2.75) is 65.2 Å². The van der Waals surface area contributed by atoms with Gasteiger partial charge in [0.05, 0.1) is 24.2 Å². The van der Waals surface area contributed by atoms with Crippen molar-refractivity contribution in [3.63, 3.8) is 0 Å². The standard InChI is InChI=1S/C19H27NO2S/c1-13-16(23-12-20-13)3-4-22-17(21)10-19-8-14-5-15(9-19)7-18(2,6-14)11-19/h12,14-15H,3-11H2,1-2H3/t14-,15-,18?,19?/m0/s1. The second-order valence-corrected chi connectivity index (χ2v) is 9.72. The zero-order valence-electron chi connectivity index (χ0n) is 14.3. The first-order chi connectivity index (χ1) is 11.0. The fourth-order valence-corrected chi connectivity index (χ4v) is 7.08. The average Bonchev–Trinajstić information content (AvgIpc) is 2.80. The van der Waals surface area contributed by atoms with Gasteiger partial charge < -0.3 is 4.74 Å². The van der Waals surface area contributed by atoms with E-state index >= 15 is 0 Å². The van der Waals surface area contributed by atoms with Gasteiger partial charge in [-0.3, -0.25) is 4.79 Å². The molecular weight excluding hydrogens is 306 g/mol. The lowest BCUT2D eigenvalue weighted by atomic mass is 9.44. The summed E-state index contributed by atoms with van der Waals surface area (Å²) >= 11 is 1.65. The number of rotatable bonds is 5. The normalized spacial score (nSPS) is 38.0. The molecule has 0 N–H and O–H groups in total. The topological polar surface area (TPSA) is 39.2 Å². The monoisotopic (exact) mass is 333 g/mol. The Morgan fingerprint density at radius 2 is 2.09 bits per heavy atom. The first kappa shape index (κ1) is 15.6. The van der Waals surface area contributed by atoms with Gasteiger partial charge in [0, 0.05) is 11.3 Å². The smallest absolute Gasteiger partial charge is 0.306 e. The highest BCUT2D eigenvalue weighted by Crippen LogP contribution is 2.66. The lowest BCUT2D eigenvalue weighted by molar-refractivity contribution is -0.156. The Kier molecular flexibility index (Phi) is 3.79. The second-order valence-electron chi connectivity index (χ2n) is 8.78. The van der Waals surface area contributed by atoms with Crippen LogP contribution in [0.5, 0.6) is 0 Å². The van der Waals surface area contributed by atoms with E-state index in [0.717, 1.165) is 24.0 Å². The van der Waals surface area contributed by atoms with Crippen LogP contribution in [0.25, 0.3) is 0 Å². The summed E-state index contributed by atoms with van der Waals surface area (Å²) in [6.07, 6.45) is 9.43. The van der Waals surface area contributed by atoms with Crippen LogP contribution in [0.2, 0.25) is 0 Å². The number of esters is 1. The summed E-state index contributed by atoms with van der Waals surface area (Å²) in [5.41, 5.74) is 3.70. The third-order valence-corrected chi connectivity index (χ3v) is 7.43. The Morgan fingerprint density at radius 1 is 1.35 bits per heavy atom. The molecule has 4 bridgehead atoms. The highest BCUT2D eigenvalue weighted by atomic mass is 32.1. The lowest BCUT2D eigenvalue weighted by Gasteiger charge is -2.61. The molecule has 2 atom stereocenters. The largest absolute Gasteiger partial charge is 0.465 e. The van der Waals surface area contributed by atoms with E-state index in [2.05, 4.69) is 11.9 Å². The fourth-order valence-electron chi connectivity index (χ4n) is 6.32. The van der Waals surface area contributed by atoms with Crippen LogP contribution in [-0.4, -0.2) is 17.6 Å². The molecule has 0 spiro atoms. The van der Waals surface area contributed by atoms with Crippen LogP contribution >= 0.6 is 11.3 Å². The summed E-state index contributed by atoms with van der Waals surface area (Å²) in [5, 5.41) is 0. The molecule has 0 unspecified atom stereocenters. The van der Waals surface area contributed by atoms with E-state index in [1.807, 2.05) is 12.4 Å². The van der Waals surface area contributed by atoms with Gasteiger partial charge in [-0.15, -0.1) is 11.3 Å². The van der Waals surface area contributed by atoms with Gasteiger partial charge in [0.15, 0.2) is 0 Å². The van der Waals surface area contributed by atoms with Crippen molar-refractivity contribution in [1.29, 1.82) is 0 Å². The van der Waals surface area contributed by atoms with E-state index in [1.54, 1.807) is 11.3 Å². The molecule has 0 amide bonds. The van der Waals surface area contributed by atoms with E-state index in [9.17, 15) is 4.79 Å². The van der Waals surface area contributed by atoms with Gasteiger partial charge in [0.25, 0.3) is 0 Å². The molecule has 4 aliphatic rings. The van der Waals surface area contributed by atoms with Gasteiger partial charge in [-0.2, -0.15) is 0 Å². The molecule has 4 saturated carbocycles. The van der Waals surface area contributed by atoms with E-state index in [-0.39, 0.29) is 11.4 Å². The number of carbonyl (C=O) groups is 1. The zero-order valence-corrected chi connectivity index (χ0v) is 15.1. The molecule has 126 valence electrons. The third-order valence-electron chi connectivity index (χ3n) is 6.43. The molecule has 0 radical (unpaired) electrons. The van der Waals surface area contributed by atoms with Gasteiger partial charge in [0.1, 0.15) is 0 Å².